The molecule has 0 aliphatic carbocycles. The molecule has 1 aliphatic heterocycles. The summed E-state index contributed by atoms with van der Waals surface area (Å²) in [5.41, 5.74) is 2.01. The van der Waals surface area contributed by atoms with Gasteiger partial charge in [0.1, 0.15) is 0 Å². The van der Waals surface area contributed by atoms with Gasteiger partial charge < -0.3 is 15.0 Å². The molecule has 0 amide bonds. The zero-order valence-corrected chi connectivity index (χ0v) is 14.1. The lowest BCUT2D eigenvalue weighted by Gasteiger charge is -2.20. The van der Waals surface area contributed by atoms with E-state index in [1.807, 2.05) is 18.2 Å². The Morgan fingerprint density at radius 2 is 2.00 bits per heavy atom. The molecule has 1 unspecified atom stereocenters. The van der Waals surface area contributed by atoms with Crippen molar-refractivity contribution in [2.45, 2.75) is 13.0 Å². The molecule has 130 valence electrons. The van der Waals surface area contributed by atoms with Crippen LogP contribution in [0.5, 0.6) is 0 Å². The van der Waals surface area contributed by atoms with Crippen LogP contribution < -0.4 is 10.2 Å². The van der Waals surface area contributed by atoms with Crippen molar-refractivity contribution in [1.29, 1.82) is 0 Å². The van der Waals surface area contributed by atoms with Crippen molar-refractivity contribution in [1.82, 2.24) is 20.3 Å². The Balaban J connectivity index is 1.60. The van der Waals surface area contributed by atoms with Crippen molar-refractivity contribution in [3.63, 3.8) is 0 Å². The number of hydrogen-bond donors (Lipinski definition) is 1. The van der Waals surface area contributed by atoms with Crippen LogP contribution >= 0.6 is 0 Å². The van der Waals surface area contributed by atoms with Crippen LogP contribution in [0.25, 0.3) is 11.3 Å². The molecule has 2 aromatic heterocycles. The molecule has 1 aliphatic rings. The van der Waals surface area contributed by atoms with E-state index < -0.39 is 0 Å². The largest absolute Gasteiger partial charge is 0.384 e. The van der Waals surface area contributed by atoms with Gasteiger partial charge in [-0.15, -0.1) is 0 Å². The first-order valence-electron chi connectivity index (χ1n) is 8.35. The maximum atomic E-state index is 5.29. The van der Waals surface area contributed by atoms with Crippen LogP contribution in [0.3, 0.4) is 0 Å². The highest BCUT2D eigenvalue weighted by Crippen LogP contribution is 2.29. The molecule has 0 saturated carbocycles. The predicted octanol–water partition coefficient (Wildman–Crippen LogP) is 2.10. The molecule has 1 saturated heterocycles. The molecule has 3 heterocycles. The van der Waals surface area contributed by atoms with Crippen LogP contribution in [0.4, 0.5) is 11.6 Å². The van der Waals surface area contributed by atoms with Crippen molar-refractivity contribution in [3.8, 4) is 0 Å². The molecular weight excluding hydrogens is 320 g/mol. The number of anilines is 2. The number of rotatable bonds is 6. The van der Waals surface area contributed by atoms with Crippen LogP contribution in [0.15, 0.2) is 35.0 Å². The average Bonchev–Trinajstić information content (AvgIpc) is 3.29. The number of fused-ring (bicyclic) bond motifs is 1. The highest BCUT2D eigenvalue weighted by molar-refractivity contribution is 5.74. The van der Waals surface area contributed by atoms with Crippen molar-refractivity contribution in [3.05, 3.63) is 35.9 Å². The lowest BCUT2D eigenvalue weighted by Crippen LogP contribution is -2.24. The van der Waals surface area contributed by atoms with E-state index in [2.05, 4.69) is 42.6 Å². The minimum atomic E-state index is 0.409. The van der Waals surface area contributed by atoms with E-state index in [4.69, 9.17) is 9.37 Å². The van der Waals surface area contributed by atoms with E-state index in [1.165, 1.54) is 5.56 Å². The molecule has 8 heteroatoms. The second kappa shape index (κ2) is 7.02. The number of ether oxygens (including phenoxy) is 1. The highest BCUT2D eigenvalue weighted by atomic mass is 16.6. The van der Waals surface area contributed by atoms with Gasteiger partial charge in [-0.2, -0.15) is 0 Å². The van der Waals surface area contributed by atoms with Gasteiger partial charge in [0.05, 0.1) is 6.61 Å². The summed E-state index contributed by atoms with van der Waals surface area (Å²) in [4.78, 5) is 11.4. The molecule has 0 radical (unpaired) electrons. The summed E-state index contributed by atoms with van der Waals surface area (Å²) in [5, 5.41) is 11.0. The predicted molar refractivity (Wildman–Crippen MR) is 93.4 cm³/mol. The molecule has 1 aromatic carbocycles. The van der Waals surface area contributed by atoms with Gasteiger partial charge in [-0.3, -0.25) is 0 Å². The summed E-state index contributed by atoms with van der Waals surface area (Å²) in [5.74, 6) is 1.99. The molecule has 3 aromatic rings. The molecule has 1 N–H and O–H groups in total. The smallest absolute Gasteiger partial charge is 0.245 e. The number of benzene rings is 1. The molecule has 1 fully saturated rings. The van der Waals surface area contributed by atoms with Crippen LogP contribution in [-0.4, -0.2) is 47.1 Å². The topological polar surface area (TPSA) is 89.2 Å². The zero-order valence-electron chi connectivity index (χ0n) is 14.1. The van der Waals surface area contributed by atoms with Gasteiger partial charge in [-0.25, -0.2) is 14.6 Å². The number of hydrogen-bond acceptors (Lipinski definition) is 8. The number of methoxy groups -OCH3 is 1. The van der Waals surface area contributed by atoms with Gasteiger partial charge in [0, 0.05) is 32.7 Å². The van der Waals surface area contributed by atoms with Gasteiger partial charge >= 0.3 is 0 Å². The van der Waals surface area contributed by atoms with Crippen molar-refractivity contribution in [2.24, 2.45) is 5.92 Å². The maximum absolute atomic E-state index is 5.29. The number of nitrogens with one attached hydrogen (secondary N) is 1. The number of nitrogens with zero attached hydrogens (tertiary/aromatic N) is 5. The van der Waals surface area contributed by atoms with Crippen molar-refractivity contribution < 1.29 is 9.37 Å². The van der Waals surface area contributed by atoms with Gasteiger partial charge in [-0.1, -0.05) is 30.3 Å². The third-order valence-electron chi connectivity index (χ3n) is 4.39. The SMILES string of the molecule is COCC1CCN(c2nc3nonc3nc2NCc2ccccc2)C1. The Labute approximate surface area is 145 Å². The summed E-state index contributed by atoms with van der Waals surface area (Å²) in [6.45, 7) is 3.22. The fraction of sp³-hybridized carbons (Fsp3) is 0.412. The standard InChI is InChI=1S/C17H20N6O2/c1-24-11-13-7-8-23(10-13)17-16(18-9-12-5-3-2-4-6-12)19-14-15(20-17)22-25-21-14/h2-6,13H,7-11H2,1H3,(H,18,19,21). The van der Waals surface area contributed by atoms with E-state index >= 15 is 0 Å². The minimum Gasteiger partial charge on any atom is -0.384 e. The van der Waals surface area contributed by atoms with Crippen LogP contribution in [-0.2, 0) is 11.3 Å². The third-order valence-corrected chi connectivity index (χ3v) is 4.39. The van der Waals surface area contributed by atoms with Crippen LogP contribution in [0.2, 0.25) is 0 Å². The molecular formula is C17H20N6O2. The zero-order chi connectivity index (χ0) is 17.1. The fourth-order valence-electron chi connectivity index (χ4n) is 3.15. The Morgan fingerprint density at radius 1 is 1.20 bits per heavy atom. The summed E-state index contributed by atoms with van der Waals surface area (Å²) in [6, 6.07) is 10.2. The van der Waals surface area contributed by atoms with E-state index in [9.17, 15) is 0 Å². The minimum absolute atomic E-state index is 0.409. The van der Waals surface area contributed by atoms with Crippen LogP contribution in [0.1, 0.15) is 12.0 Å². The highest BCUT2D eigenvalue weighted by Gasteiger charge is 2.27. The van der Waals surface area contributed by atoms with Crippen molar-refractivity contribution in [2.75, 3.05) is 37.0 Å². The molecule has 0 spiro atoms. The monoisotopic (exact) mass is 340 g/mol. The lowest BCUT2D eigenvalue weighted by atomic mass is 10.1. The normalized spacial score (nSPS) is 17.3. The molecule has 4 rings (SSSR count). The lowest BCUT2D eigenvalue weighted by molar-refractivity contribution is 0.161. The van der Waals surface area contributed by atoms with E-state index in [0.29, 0.717) is 29.6 Å². The van der Waals surface area contributed by atoms with Gasteiger partial charge in [0.25, 0.3) is 0 Å². The first-order valence-corrected chi connectivity index (χ1v) is 8.35. The van der Waals surface area contributed by atoms with Gasteiger partial charge in [-0.05, 0) is 22.3 Å². The third kappa shape index (κ3) is 3.39. The van der Waals surface area contributed by atoms with Gasteiger partial charge in [0.15, 0.2) is 11.6 Å². The second-order valence-electron chi connectivity index (χ2n) is 6.20. The Kier molecular flexibility index (Phi) is 4.43. The Bertz CT molecular complexity index is 838. The molecule has 8 nitrogen and oxygen atoms in total. The van der Waals surface area contributed by atoms with E-state index in [0.717, 1.165) is 31.9 Å². The summed E-state index contributed by atoms with van der Waals surface area (Å²) >= 11 is 0. The Morgan fingerprint density at radius 3 is 2.80 bits per heavy atom. The van der Waals surface area contributed by atoms with Crippen LogP contribution in [0, 0.1) is 5.92 Å². The van der Waals surface area contributed by atoms with E-state index in [1.54, 1.807) is 7.11 Å². The molecule has 1 atom stereocenters. The quantitative estimate of drug-likeness (QED) is 0.730. The fourth-order valence-corrected chi connectivity index (χ4v) is 3.15. The second-order valence-corrected chi connectivity index (χ2v) is 6.20. The molecule has 0 bridgehead atoms. The number of aromatic nitrogens is 4. The van der Waals surface area contributed by atoms with Crippen molar-refractivity contribution >= 4 is 22.9 Å². The first-order chi connectivity index (χ1) is 12.3. The maximum Gasteiger partial charge on any atom is 0.245 e. The summed E-state index contributed by atoms with van der Waals surface area (Å²) in [7, 11) is 1.74. The van der Waals surface area contributed by atoms with Gasteiger partial charge in [0.2, 0.25) is 11.3 Å². The summed E-state index contributed by atoms with van der Waals surface area (Å²) < 4.78 is 10.1. The Hall–Kier alpha value is -2.74. The molecule has 25 heavy (non-hydrogen) atoms. The first kappa shape index (κ1) is 15.8. The van der Waals surface area contributed by atoms with E-state index in [-0.39, 0.29) is 0 Å². The average molecular weight is 340 g/mol. The summed E-state index contributed by atoms with van der Waals surface area (Å²) in [6.07, 6.45) is 1.07.